The van der Waals surface area contributed by atoms with Crippen LogP contribution < -0.4 is 4.74 Å². The van der Waals surface area contributed by atoms with Crippen molar-refractivity contribution in [1.29, 1.82) is 0 Å². The van der Waals surface area contributed by atoms with Crippen molar-refractivity contribution in [3.05, 3.63) is 66.9 Å². The Morgan fingerprint density at radius 1 is 1.15 bits per heavy atom. The molecular formula is C20H18N4O3. The second kappa shape index (κ2) is 7.33. The van der Waals surface area contributed by atoms with Crippen LogP contribution in [0.25, 0.3) is 22.6 Å². The SMILES string of the molecule is CCOc1cc(-c2nccn2Cc2cc(-c3cccnc3)no2)ccc1O. The van der Waals surface area contributed by atoms with Crippen LogP contribution in [0.15, 0.2) is 65.7 Å². The maximum absolute atomic E-state index is 9.90. The number of aromatic nitrogens is 4. The van der Waals surface area contributed by atoms with Crippen LogP contribution in [-0.4, -0.2) is 31.4 Å². The van der Waals surface area contributed by atoms with Crippen molar-refractivity contribution in [3.63, 3.8) is 0 Å². The number of rotatable bonds is 6. The van der Waals surface area contributed by atoms with Gasteiger partial charge in [0.15, 0.2) is 17.3 Å². The summed E-state index contributed by atoms with van der Waals surface area (Å²) in [7, 11) is 0. The minimum Gasteiger partial charge on any atom is -0.504 e. The molecule has 7 nitrogen and oxygen atoms in total. The van der Waals surface area contributed by atoms with E-state index in [4.69, 9.17) is 9.26 Å². The summed E-state index contributed by atoms with van der Waals surface area (Å²) in [5, 5.41) is 14.0. The number of nitrogens with zero attached hydrogens (tertiary/aromatic N) is 4. The van der Waals surface area contributed by atoms with E-state index in [-0.39, 0.29) is 5.75 Å². The fraction of sp³-hybridized carbons (Fsp3) is 0.150. The quantitative estimate of drug-likeness (QED) is 0.562. The minimum absolute atomic E-state index is 0.107. The highest BCUT2D eigenvalue weighted by Crippen LogP contribution is 2.31. The Morgan fingerprint density at radius 2 is 2.07 bits per heavy atom. The summed E-state index contributed by atoms with van der Waals surface area (Å²) < 4.78 is 12.9. The molecule has 0 unspecified atom stereocenters. The van der Waals surface area contributed by atoms with Crippen molar-refractivity contribution in [2.45, 2.75) is 13.5 Å². The number of benzene rings is 1. The normalized spacial score (nSPS) is 10.9. The molecule has 0 amide bonds. The number of phenolic OH excluding ortho intramolecular Hbond substituents is 1. The van der Waals surface area contributed by atoms with Crippen molar-refractivity contribution in [1.82, 2.24) is 19.7 Å². The lowest BCUT2D eigenvalue weighted by atomic mass is 10.2. The monoisotopic (exact) mass is 362 g/mol. The molecule has 27 heavy (non-hydrogen) atoms. The largest absolute Gasteiger partial charge is 0.504 e. The van der Waals surface area contributed by atoms with Gasteiger partial charge in [0.2, 0.25) is 0 Å². The summed E-state index contributed by atoms with van der Waals surface area (Å²) in [5.74, 6) is 1.99. The first-order chi connectivity index (χ1) is 13.2. The Kier molecular flexibility index (Phi) is 4.57. The maximum atomic E-state index is 9.90. The van der Waals surface area contributed by atoms with Crippen LogP contribution in [-0.2, 0) is 6.54 Å². The molecule has 3 heterocycles. The van der Waals surface area contributed by atoms with E-state index in [1.807, 2.05) is 35.9 Å². The summed E-state index contributed by atoms with van der Waals surface area (Å²) in [6.45, 7) is 2.82. The minimum atomic E-state index is 0.107. The van der Waals surface area contributed by atoms with Gasteiger partial charge in [0.1, 0.15) is 11.5 Å². The van der Waals surface area contributed by atoms with Crippen LogP contribution in [0.3, 0.4) is 0 Å². The number of aromatic hydroxyl groups is 1. The van der Waals surface area contributed by atoms with Crippen molar-refractivity contribution >= 4 is 0 Å². The number of ether oxygens (including phenoxy) is 1. The molecule has 0 atom stereocenters. The van der Waals surface area contributed by atoms with E-state index in [0.29, 0.717) is 24.7 Å². The third-order valence-corrected chi connectivity index (χ3v) is 4.08. The fourth-order valence-electron chi connectivity index (χ4n) is 2.83. The van der Waals surface area contributed by atoms with Crippen LogP contribution in [0.2, 0.25) is 0 Å². The zero-order valence-electron chi connectivity index (χ0n) is 14.7. The molecule has 0 radical (unpaired) electrons. The molecule has 0 saturated carbocycles. The van der Waals surface area contributed by atoms with Crippen LogP contribution in [0.5, 0.6) is 11.5 Å². The van der Waals surface area contributed by atoms with Gasteiger partial charge in [-0.1, -0.05) is 5.16 Å². The van der Waals surface area contributed by atoms with Gasteiger partial charge in [-0.3, -0.25) is 4.98 Å². The molecule has 136 valence electrons. The Hall–Kier alpha value is -3.61. The highest BCUT2D eigenvalue weighted by molar-refractivity contribution is 5.61. The van der Waals surface area contributed by atoms with Gasteiger partial charge in [0.25, 0.3) is 0 Å². The maximum Gasteiger partial charge on any atom is 0.161 e. The van der Waals surface area contributed by atoms with E-state index in [9.17, 15) is 5.11 Å². The summed E-state index contributed by atoms with van der Waals surface area (Å²) in [6, 6.07) is 10.9. The Balaban J connectivity index is 1.60. The van der Waals surface area contributed by atoms with E-state index in [1.54, 1.807) is 36.8 Å². The molecular weight excluding hydrogens is 344 g/mol. The van der Waals surface area contributed by atoms with Gasteiger partial charge in [-0.25, -0.2) is 4.98 Å². The molecule has 0 spiro atoms. The molecule has 0 aliphatic carbocycles. The molecule has 0 bridgehead atoms. The van der Waals surface area contributed by atoms with E-state index >= 15 is 0 Å². The van der Waals surface area contributed by atoms with Gasteiger partial charge in [-0.15, -0.1) is 0 Å². The van der Waals surface area contributed by atoms with Crippen molar-refractivity contribution in [3.8, 4) is 34.1 Å². The second-order valence-corrected chi connectivity index (χ2v) is 5.91. The molecule has 1 aromatic carbocycles. The van der Waals surface area contributed by atoms with Crippen LogP contribution in [0.4, 0.5) is 0 Å². The predicted octanol–water partition coefficient (Wildman–Crippen LogP) is 3.75. The topological polar surface area (TPSA) is 86.2 Å². The second-order valence-electron chi connectivity index (χ2n) is 5.91. The average molecular weight is 362 g/mol. The van der Waals surface area contributed by atoms with Gasteiger partial charge in [-0.2, -0.15) is 0 Å². The molecule has 0 aliphatic heterocycles. The summed E-state index contributed by atoms with van der Waals surface area (Å²) in [6.07, 6.45) is 7.06. The zero-order valence-corrected chi connectivity index (χ0v) is 14.7. The van der Waals surface area contributed by atoms with Gasteiger partial charge in [-0.05, 0) is 37.3 Å². The molecule has 0 fully saturated rings. The molecule has 0 aliphatic rings. The van der Waals surface area contributed by atoms with Crippen LogP contribution in [0, 0.1) is 0 Å². The van der Waals surface area contributed by atoms with E-state index in [1.165, 1.54) is 0 Å². The van der Waals surface area contributed by atoms with Crippen LogP contribution in [0.1, 0.15) is 12.7 Å². The standard InChI is InChI=1S/C20H18N4O3/c1-2-26-19-10-14(5-6-18(19)25)20-22-8-9-24(20)13-16-11-17(23-27-16)15-4-3-7-21-12-15/h3-12,25H,2,13H2,1H3. The van der Waals surface area contributed by atoms with Crippen molar-refractivity contribution < 1.29 is 14.4 Å². The first kappa shape index (κ1) is 16.8. The van der Waals surface area contributed by atoms with Gasteiger partial charge >= 0.3 is 0 Å². The number of hydrogen-bond acceptors (Lipinski definition) is 6. The molecule has 4 aromatic rings. The van der Waals surface area contributed by atoms with Gasteiger partial charge < -0.3 is 18.9 Å². The average Bonchev–Trinajstić information content (AvgIpc) is 3.35. The lowest BCUT2D eigenvalue weighted by Gasteiger charge is -2.09. The van der Waals surface area contributed by atoms with E-state index in [0.717, 1.165) is 22.6 Å². The highest BCUT2D eigenvalue weighted by atomic mass is 16.5. The highest BCUT2D eigenvalue weighted by Gasteiger charge is 2.13. The van der Waals surface area contributed by atoms with Gasteiger partial charge in [0.05, 0.1) is 13.2 Å². The molecule has 4 rings (SSSR count). The molecule has 3 aromatic heterocycles. The molecule has 1 N–H and O–H groups in total. The van der Waals surface area contributed by atoms with E-state index in [2.05, 4.69) is 15.1 Å². The first-order valence-corrected chi connectivity index (χ1v) is 8.58. The number of imidazole rings is 1. The van der Waals surface area contributed by atoms with Crippen molar-refractivity contribution in [2.75, 3.05) is 6.61 Å². The summed E-state index contributed by atoms with van der Waals surface area (Å²) in [4.78, 5) is 8.53. The first-order valence-electron chi connectivity index (χ1n) is 8.58. The lowest BCUT2D eigenvalue weighted by Crippen LogP contribution is -2.00. The summed E-state index contributed by atoms with van der Waals surface area (Å²) >= 11 is 0. The third-order valence-electron chi connectivity index (χ3n) is 4.08. The third kappa shape index (κ3) is 3.52. The zero-order chi connectivity index (χ0) is 18.6. The fourth-order valence-corrected chi connectivity index (χ4v) is 2.83. The Bertz CT molecular complexity index is 1040. The smallest absolute Gasteiger partial charge is 0.161 e. The molecule has 0 saturated heterocycles. The van der Waals surface area contributed by atoms with Gasteiger partial charge in [0, 0.05) is 42.0 Å². The lowest BCUT2D eigenvalue weighted by molar-refractivity contribution is 0.318. The van der Waals surface area contributed by atoms with E-state index < -0.39 is 0 Å². The number of hydrogen-bond donors (Lipinski definition) is 1. The Labute approximate surface area is 155 Å². The summed E-state index contributed by atoms with van der Waals surface area (Å²) in [5.41, 5.74) is 2.48. The number of phenols is 1. The predicted molar refractivity (Wildman–Crippen MR) is 99.3 cm³/mol. The molecule has 7 heteroatoms. The van der Waals surface area contributed by atoms with Crippen LogP contribution >= 0.6 is 0 Å². The Morgan fingerprint density at radius 3 is 2.89 bits per heavy atom. The van der Waals surface area contributed by atoms with Crippen molar-refractivity contribution in [2.24, 2.45) is 0 Å². The number of pyridine rings is 1.